The summed E-state index contributed by atoms with van der Waals surface area (Å²) in [5.41, 5.74) is 1.20. The number of carbonyl (C=O) groups excluding carboxylic acids is 1. The summed E-state index contributed by atoms with van der Waals surface area (Å²) in [5, 5.41) is 20.3. The average Bonchev–Trinajstić information content (AvgIpc) is 2.39. The molecule has 0 unspecified atom stereocenters. The first-order valence-electron chi connectivity index (χ1n) is 4.78. The molecule has 1 heterocycles. The molecule has 86 valence electrons. The van der Waals surface area contributed by atoms with Crippen LogP contribution in [0.15, 0.2) is 30.5 Å². The molecule has 0 bridgehead atoms. The minimum Gasteiger partial charge on any atom is -0.508 e. The summed E-state index contributed by atoms with van der Waals surface area (Å²) < 4.78 is 4.65. The zero-order valence-corrected chi connectivity index (χ0v) is 8.99. The van der Waals surface area contributed by atoms with Crippen molar-refractivity contribution in [1.82, 2.24) is 15.4 Å². The highest BCUT2D eigenvalue weighted by molar-refractivity contribution is 5.97. The van der Waals surface area contributed by atoms with Crippen LogP contribution in [0.5, 0.6) is 5.75 Å². The number of hydrogen-bond acceptors (Lipinski definition) is 6. The Morgan fingerprint density at radius 3 is 2.82 bits per heavy atom. The Hall–Kier alpha value is -2.50. The van der Waals surface area contributed by atoms with Crippen molar-refractivity contribution < 1.29 is 14.6 Å². The summed E-state index contributed by atoms with van der Waals surface area (Å²) in [6, 6.07) is 5.90. The standard InChI is InChI=1S/C11H9N3O3/c1-17-11(16)8-3-2-7(15)6-9(8)10-4-5-12-14-13-10/h2-6,15H,1H3. The molecule has 2 rings (SSSR count). The fraction of sp³-hybridized carbons (Fsp3) is 0.0909. The molecular formula is C11H9N3O3. The van der Waals surface area contributed by atoms with E-state index in [-0.39, 0.29) is 5.75 Å². The van der Waals surface area contributed by atoms with Crippen LogP contribution in [0.2, 0.25) is 0 Å². The second-order valence-corrected chi connectivity index (χ2v) is 3.23. The molecule has 1 aromatic heterocycles. The van der Waals surface area contributed by atoms with Gasteiger partial charge < -0.3 is 9.84 Å². The van der Waals surface area contributed by atoms with Crippen molar-refractivity contribution in [2.75, 3.05) is 7.11 Å². The van der Waals surface area contributed by atoms with E-state index in [0.29, 0.717) is 16.8 Å². The number of benzene rings is 1. The highest BCUT2D eigenvalue weighted by Crippen LogP contribution is 2.25. The van der Waals surface area contributed by atoms with Gasteiger partial charge in [-0.3, -0.25) is 0 Å². The van der Waals surface area contributed by atoms with Gasteiger partial charge in [0.05, 0.1) is 24.6 Å². The smallest absolute Gasteiger partial charge is 0.338 e. The number of nitrogens with zero attached hydrogens (tertiary/aromatic N) is 3. The largest absolute Gasteiger partial charge is 0.508 e. The molecule has 0 spiro atoms. The second-order valence-electron chi connectivity index (χ2n) is 3.23. The second kappa shape index (κ2) is 4.56. The molecule has 0 atom stereocenters. The molecule has 0 aliphatic heterocycles. The fourth-order valence-corrected chi connectivity index (χ4v) is 1.42. The monoisotopic (exact) mass is 231 g/mol. The summed E-state index contributed by atoms with van der Waals surface area (Å²) in [6.07, 6.45) is 1.45. The first-order valence-corrected chi connectivity index (χ1v) is 4.78. The van der Waals surface area contributed by atoms with Gasteiger partial charge in [-0.2, -0.15) is 0 Å². The van der Waals surface area contributed by atoms with Crippen LogP contribution in [0.4, 0.5) is 0 Å². The number of hydrogen-bond donors (Lipinski definition) is 1. The quantitative estimate of drug-likeness (QED) is 0.777. The summed E-state index contributed by atoms with van der Waals surface area (Å²) >= 11 is 0. The molecule has 0 fully saturated rings. The summed E-state index contributed by atoms with van der Waals surface area (Å²) in [5.74, 6) is -0.468. The van der Waals surface area contributed by atoms with Crippen molar-refractivity contribution in [3.8, 4) is 17.0 Å². The van der Waals surface area contributed by atoms with Crippen LogP contribution in [-0.4, -0.2) is 33.6 Å². The van der Waals surface area contributed by atoms with Gasteiger partial charge in [-0.15, -0.1) is 10.2 Å². The van der Waals surface area contributed by atoms with Crippen molar-refractivity contribution in [1.29, 1.82) is 0 Å². The number of carbonyl (C=O) groups is 1. The van der Waals surface area contributed by atoms with E-state index >= 15 is 0 Å². The number of rotatable bonds is 2. The van der Waals surface area contributed by atoms with E-state index in [1.165, 1.54) is 31.5 Å². The SMILES string of the molecule is COC(=O)c1ccc(O)cc1-c1ccnnn1. The average molecular weight is 231 g/mol. The minimum absolute atomic E-state index is 0.0336. The Kier molecular flexibility index (Phi) is 2.95. The third-order valence-electron chi connectivity index (χ3n) is 2.19. The lowest BCUT2D eigenvalue weighted by Gasteiger charge is -2.06. The van der Waals surface area contributed by atoms with Crippen molar-refractivity contribution in [2.24, 2.45) is 0 Å². The Morgan fingerprint density at radius 1 is 1.35 bits per heavy atom. The lowest BCUT2D eigenvalue weighted by Crippen LogP contribution is -2.04. The lowest BCUT2D eigenvalue weighted by molar-refractivity contribution is 0.0601. The number of ether oxygens (including phenoxy) is 1. The molecule has 0 radical (unpaired) electrons. The van der Waals surface area contributed by atoms with E-state index in [0.717, 1.165) is 0 Å². The zero-order valence-electron chi connectivity index (χ0n) is 8.99. The summed E-state index contributed by atoms with van der Waals surface area (Å²) in [4.78, 5) is 11.6. The van der Waals surface area contributed by atoms with E-state index in [2.05, 4.69) is 20.1 Å². The molecule has 6 heteroatoms. The van der Waals surface area contributed by atoms with E-state index in [1.807, 2.05) is 0 Å². The Balaban J connectivity index is 2.59. The van der Waals surface area contributed by atoms with Gasteiger partial charge in [0.1, 0.15) is 5.75 Å². The van der Waals surface area contributed by atoms with Crippen LogP contribution in [0.3, 0.4) is 0 Å². The van der Waals surface area contributed by atoms with Gasteiger partial charge in [0.2, 0.25) is 0 Å². The van der Waals surface area contributed by atoms with Gasteiger partial charge in [-0.05, 0) is 29.5 Å². The van der Waals surface area contributed by atoms with Crippen LogP contribution in [0.1, 0.15) is 10.4 Å². The lowest BCUT2D eigenvalue weighted by atomic mass is 10.0. The molecule has 0 saturated heterocycles. The van der Waals surface area contributed by atoms with E-state index in [4.69, 9.17) is 0 Å². The van der Waals surface area contributed by atoms with Gasteiger partial charge in [0.15, 0.2) is 0 Å². The van der Waals surface area contributed by atoms with Gasteiger partial charge in [-0.25, -0.2) is 4.79 Å². The number of methoxy groups -OCH3 is 1. The van der Waals surface area contributed by atoms with Crippen LogP contribution in [0.25, 0.3) is 11.3 Å². The highest BCUT2D eigenvalue weighted by Gasteiger charge is 2.15. The maximum Gasteiger partial charge on any atom is 0.338 e. The van der Waals surface area contributed by atoms with Crippen LogP contribution in [-0.2, 0) is 4.74 Å². The van der Waals surface area contributed by atoms with Crippen molar-refractivity contribution in [2.45, 2.75) is 0 Å². The predicted molar refractivity (Wildman–Crippen MR) is 58.3 cm³/mol. The van der Waals surface area contributed by atoms with E-state index < -0.39 is 5.97 Å². The van der Waals surface area contributed by atoms with Gasteiger partial charge in [0.25, 0.3) is 0 Å². The first-order chi connectivity index (χ1) is 8.22. The highest BCUT2D eigenvalue weighted by atomic mass is 16.5. The molecule has 0 aliphatic rings. The maximum atomic E-state index is 11.6. The van der Waals surface area contributed by atoms with Crippen LogP contribution in [0, 0.1) is 0 Å². The Morgan fingerprint density at radius 2 is 2.18 bits per heavy atom. The van der Waals surface area contributed by atoms with Crippen molar-refractivity contribution >= 4 is 5.97 Å². The Bertz CT molecular complexity index is 543. The zero-order chi connectivity index (χ0) is 12.3. The number of aromatic hydroxyl groups is 1. The minimum atomic E-state index is -0.501. The predicted octanol–water partition coefficient (Wildman–Crippen LogP) is 1.03. The Labute approximate surface area is 96.9 Å². The molecule has 0 aliphatic carbocycles. The van der Waals surface area contributed by atoms with Crippen molar-refractivity contribution in [3.05, 3.63) is 36.0 Å². The molecule has 17 heavy (non-hydrogen) atoms. The molecule has 1 N–H and O–H groups in total. The summed E-state index contributed by atoms with van der Waals surface area (Å²) in [6.45, 7) is 0. The summed E-state index contributed by atoms with van der Waals surface area (Å²) in [7, 11) is 1.29. The third-order valence-corrected chi connectivity index (χ3v) is 2.19. The number of esters is 1. The van der Waals surface area contributed by atoms with Gasteiger partial charge in [-0.1, -0.05) is 0 Å². The van der Waals surface area contributed by atoms with Crippen LogP contribution < -0.4 is 0 Å². The van der Waals surface area contributed by atoms with Crippen LogP contribution >= 0.6 is 0 Å². The molecule has 0 saturated carbocycles. The topological polar surface area (TPSA) is 85.2 Å². The number of phenolic OH excluding ortho intramolecular Hbond substituents is 1. The molecule has 0 amide bonds. The fourth-order valence-electron chi connectivity index (χ4n) is 1.42. The normalized spacial score (nSPS) is 9.94. The first kappa shape index (κ1) is 11.0. The van der Waals surface area contributed by atoms with Crippen molar-refractivity contribution in [3.63, 3.8) is 0 Å². The van der Waals surface area contributed by atoms with Gasteiger partial charge >= 0.3 is 5.97 Å². The number of phenols is 1. The molecule has 2 aromatic rings. The number of aromatic nitrogens is 3. The van der Waals surface area contributed by atoms with E-state index in [9.17, 15) is 9.90 Å². The molecule has 1 aromatic carbocycles. The maximum absolute atomic E-state index is 11.6. The third kappa shape index (κ3) is 2.20. The van der Waals surface area contributed by atoms with E-state index in [1.54, 1.807) is 6.07 Å². The van der Waals surface area contributed by atoms with Gasteiger partial charge in [0, 0.05) is 5.56 Å². The molecule has 6 nitrogen and oxygen atoms in total. The molecular weight excluding hydrogens is 222 g/mol.